The molecule has 5 nitrogen and oxygen atoms in total. The molecule has 0 heterocycles. The predicted octanol–water partition coefficient (Wildman–Crippen LogP) is 4.79. The van der Waals surface area contributed by atoms with Gasteiger partial charge in [-0.15, -0.1) is 0 Å². The van der Waals surface area contributed by atoms with Gasteiger partial charge in [-0.1, -0.05) is 61.5 Å². The van der Waals surface area contributed by atoms with Crippen LogP contribution in [-0.2, 0) is 11.2 Å². The second kappa shape index (κ2) is 10.0. The van der Waals surface area contributed by atoms with Gasteiger partial charge in [0.25, 0.3) is 5.91 Å². The number of hydrogen-bond acceptors (Lipinski definition) is 3. The van der Waals surface area contributed by atoms with Crippen LogP contribution in [0, 0.1) is 17.6 Å². The van der Waals surface area contributed by atoms with Crippen molar-refractivity contribution in [3.8, 4) is 16.9 Å². The highest BCUT2D eigenvalue weighted by atomic mass is 19.1. The molecule has 0 spiro atoms. The summed E-state index contributed by atoms with van der Waals surface area (Å²) in [6.07, 6.45) is 0.420. The van der Waals surface area contributed by atoms with E-state index < -0.39 is 46.8 Å². The molecule has 3 N–H and O–H groups in total. The fourth-order valence-electron chi connectivity index (χ4n) is 3.45. The molecule has 1 unspecified atom stereocenters. The number of nitrogens with one attached hydrogen (secondary N) is 1. The van der Waals surface area contributed by atoms with Gasteiger partial charge in [-0.2, -0.15) is 0 Å². The number of amides is 1. The zero-order valence-electron chi connectivity index (χ0n) is 17.4. The number of halogens is 2. The third-order valence-electron chi connectivity index (χ3n) is 5.25. The fraction of sp³-hybridized carbons (Fsp3) is 0.200. The Kier molecular flexibility index (Phi) is 7.20. The smallest absolute Gasteiger partial charge is 0.306 e. The molecular formula is C25H23F2NO4. The van der Waals surface area contributed by atoms with Crippen molar-refractivity contribution in [3.05, 3.63) is 89.5 Å². The summed E-state index contributed by atoms with van der Waals surface area (Å²) in [5.41, 5.74) is 2.40. The van der Waals surface area contributed by atoms with E-state index in [1.807, 2.05) is 54.6 Å². The van der Waals surface area contributed by atoms with E-state index in [1.165, 1.54) is 6.92 Å². The van der Waals surface area contributed by atoms with Crippen LogP contribution in [0.25, 0.3) is 11.1 Å². The van der Waals surface area contributed by atoms with Gasteiger partial charge < -0.3 is 15.5 Å². The molecule has 32 heavy (non-hydrogen) atoms. The number of hydrogen-bond donors (Lipinski definition) is 3. The number of carboxylic acids is 1. The monoisotopic (exact) mass is 439 g/mol. The van der Waals surface area contributed by atoms with Gasteiger partial charge in [0.1, 0.15) is 0 Å². The van der Waals surface area contributed by atoms with Crippen molar-refractivity contribution < 1.29 is 28.6 Å². The Morgan fingerprint density at radius 3 is 2.19 bits per heavy atom. The second-order valence-corrected chi connectivity index (χ2v) is 7.67. The van der Waals surface area contributed by atoms with Crippen LogP contribution in [0.4, 0.5) is 8.78 Å². The maximum absolute atomic E-state index is 14.1. The molecule has 0 saturated carbocycles. The lowest BCUT2D eigenvalue weighted by molar-refractivity contribution is -0.141. The summed E-state index contributed by atoms with van der Waals surface area (Å²) in [6.45, 7) is 1.52. The molecule has 3 rings (SSSR count). The van der Waals surface area contributed by atoms with Crippen LogP contribution < -0.4 is 5.32 Å². The zero-order chi connectivity index (χ0) is 23.3. The van der Waals surface area contributed by atoms with Crippen molar-refractivity contribution in [2.45, 2.75) is 25.8 Å². The molecule has 166 valence electrons. The highest BCUT2D eigenvalue weighted by molar-refractivity contribution is 5.95. The molecule has 0 bridgehead atoms. The highest BCUT2D eigenvalue weighted by Gasteiger charge is 2.24. The molecular weight excluding hydrogens is 416 g/mol. The van der Waals surface area contributed by atoms with Crippen LogP contribution in [0.3, 0.4) is 0 Å². The van der Waals surface area contributed by atoms with E-state index in [9.17, 15) is 28.6 Å². The van der Waals surface area contributed by atoms with E-state index in [2.05, 4.69) is 5.32 Å². The van der Waals surface area contributed by atoms with Crippen LogP contribution in [0.2, 0.25) is 0 Å². The average Bonchev–Trinajstić information content (AvgIpc) is 2.78. The minimum Gasteiger partial charge on any atom is -0.503 e. The van der Waals surface area contributed by atoms with Crippen LogP contribution in [-0.4, -0.2) is 28.1 Å². The molecule has 0 aromatic heterocycles. The second-order valence-electron chi connectivity index (χ2n) is 7.67. The van der Waals surface area contributed by atoms with Gasteiger partial charge in [-0.25, -0.2) is 8.78 Å². The lowest BCUT2D eigenvalue weighted by atomic mass is 9.94. The fourth-order valence-corrected chi connectivity index (χ4v) is 3.45. The number of phenolic OH excluding ortho intramolecular Hbond substituents is 1. The summed E-state index contributed by atoms with van der Waals surface area (Å²) in [7, 11) is 0. The third kappa shape index (κ3) is 5.49. The lowest BCUT2D eigenvalue weighted by Crippen LogP contribution is -2.39. The molecule has 1 amide bonds. The molecule has 0 aliphatic rings. The number of rotatable bonds is 8. The van der Waals surface area contributed by atoms with E-state index in [-0.39, 0.29) is 6.42 Å². The number of carboxylic acid groups (broad SMARTS) is 1. The van der Waals surface area contributed by atoms with Gasteiger partial charge in [0.2, 0.25) is 0 Å². The summed E-state index contributed by atoms with van der Waals surface area (Å²) < 4.78 is 27.4. The van der Waals surface area contributed by atoms with Gasteiger partial charge in [0, 0.05) is 6.04 Å². The topological polar surface area (TPSA) is 86.6 Å². The van der Waals surface area contributed by atoms with Gasteiger partial charge >= 0.3 is 5.97 Å². The number of aliphatic carboxylic acids is 1. The normalized spacial score (nSPS) is 12.7. The van der Waals surface area contributed by atoms with Gasteiger partial charge in [-0.05, 0) is 41.7 Å². The standard InChI is InChI=1S/C25H23F2NO4/c1-15(25(31)32)13-19(28-24(30)20-11-12-21(26)23(29)22(20)27)14-16-7-9-18(10-8-16)17-5-3-2-4-6-17/h2-12,15,19,29H,13-14H2,1H3,(H,28,30)(H,31,32)/t15-,19?/m1/s1. The van der Waals surface area contributed by atoms with Crippen molar-refractivity contribution >= 4 is 11.9 Å². The van der Waals surface area contributed by atoms with Crippen LogP contribution in [0.5, 0.6) is 5.75 Å². The van der Waals surface area contributed by atoms with E-state index >= 15 is 0 Å². The number of phenols is 1. The number of aromatic hydroxyl groups is 1. The number of carbonyl (C=O) groups excluding carboxylic acids is 1. The molecule has 0 aliphatic heterocycles. The van der Waals surface area contributed by atoms with E-state index in [0.29, 0.717) is 6.42 Å². The maximum Gasteiger partial charge on any atom is 0.306 e. The Hall–Kier alpha value is -3.74. The Balaban J connectivity index is 1.79. The van der Waals surface area contributed by atoms with Crippen molar-refractivity contribution in [1.82, 2.24) is 5.32 Å². The van der Waals surface area contributed by atoms with E-state index in [0.717, 1.165) is 28.8 Å². The molecule has 0 radical (unpaired) electrons. The maximum atomic E-state index is 14.1. The van der Waals surface area contributed by atoms with Gasteiger partial charge in [0.05, 0.1) is 11.5 Å². The first kappa shape index (κ1) is 22.9. The Labute approximate surface area is 184 Å². The first-order valence-corrected chi connectivity index (χ1v) is 10.1. The molecule has 7 heteroatoms. The number of benzene rings is 3. The number of carbonyl (C=O) groups is 2. The summed E-state index contributed by atoms with van der Waals surface area (Å²) in [4.78, 5) is 23.9. The van der Waals surface area contributed by atoms with Crippen molar-refractivity contribution in [2.24, 2.45) is 5.92 Å². The third-order valence-corrected chi connectivity index (χ3v) is 5.25. The van der Waals surface area contributed by atoms with Crippen LogP contribution >= 0.6 is 0 Å². The molecule has 0 saturated heterocycles. The minimum atomic E-state index is -1.36. The summed E-state index contributed by atoms with van der Waals surface area (Å²) in [5, 5.41) is 21.3. The first-order chi connectivity index (χ1) is 15.3. The SMILES string of the molecule is C[C@H](CC(Cc1ccc(-c2ccccc2)cc1)NC(=O)c1ccc(F)c(O)c1F)C(=O)O. The van der Waals surface area contributed by atoms with Gasteiger partial charge in [0.15, 0.2) is 17.4 Å². The Morgan fingerprint density at radius 1 is 0.938 bits per heavy atom. The van der Waals surface area contributed by atoms with Crippen molar-refractivity contribution in [2.75, 3.05) is 0 Å². The molecule has 0 aliphatic carbocycles. The zero-order valence-corrected chi connectivity index (χ0v) is 17.4. The van der Waals surface area contributed by atoms with E-state index in [1.54, 1.807) is 0 Å². The highest BCUT2D eigenvalue weighted by Crippen LogP contribution is 2.24. The molecule has 3 aromatic rings. The van der Waals surface area contributed by atoms with Crippen molar-refractivity contribution in [3.63, 3.8) is 0 Å². The van der Waals surface area contributed by atoms with Crippen LogP contribution in [0.15, 0.2) is 66.7 Å². The largest absolute Gasteiger partial charge is 0.503 e. The molecule has 2 atom stereocenters. The quantitative estimate of drug-likeness (QED) is 0.471. The Bertz CT molecular complexity index is 1100. The lowest BCUT2D eigenvalue weighted by Gasteiger charge is -2.21. The summed E-state index contributed by atoms with van der Waals surface area (Å²) in [6, 6.07) is 18.5. The first-order valence-electron chi connectivity index (χ1n) is 10.1. The average molecular weight is 439 g/mol. The molecule has 0 fully saturated rings. The van der Waals surface area contributed by atoms with Crippen molar-refractivity contribution in [1.29, 1.82) is 0 Å². The molecule has 3 aromatic carbocycles. The van der Waals surface area contributed by atoms with E-state index in [4.69, 9.17) is 0 Å². The summed E-state index contributed by atoms with van der Waals surface area (Å²) >= 11 is 0. The summed E-state index contributed by atoms with van der Waals surface area (Å²) in [5.74, 6) is -6.40. The van der Waals surface area contributed by atoms with Gasteiger partial charge in [-0.3, -0.25) is 9.59 Å². The van der Waals surface area contributed by atoms with Crippen LogP contribution in [0.1, 0.15) is 29.3 Å². The predicted molar refractivity (Wildman–Crippen MR) is 116 cm³/mol. The Morgan fingerprint density at radius 2 is 1.56 bits per heavy atom. The minimum absolute atomic E-state index is 0.107.